The maximum Gasteiger partial charge on any atom is 0.232 e. The first-order valence-corrected chi connectivity index (χ1v) is 10.2. The minimum atomic E-state index is -0.235. The zero-order valence-corrected chi connectivity index (χ0v) is 18.7. The van der Waals surface area contributed by atoms with Gasteiger partial charge in [0.1, 0.15) is 0 Å². The van der Waals surface area contributed by atoms with Gasteiger partial charge in [-0.3, -0.25) is 19.3 Å². The van der Waals surface area contributed by atoms with Crippen molar-refractivity contribution in [3.8, 4) is 0 Å². The highest BCUT2D eigenvalue weighted by Crippen LogP contribution is 2.18. The van der Waals surface area contributed by atoms with E-state index in [0.29, 0.717) is 24.5 Å². The Morgan fingerprint density at radius 3 is 2.15 bits per heavy atom. The highest BCUT2D eigenvalue weighted by atomic mass is 16.3. The van der Waals surface area contributed by atoms with Crippen LogP contribution in [-0.2, 0) is 14.4 Å². The van der Waals surface area contributed by atoms with Crippen molar-refractivity contribution in [3.05, 3.63) is 0 Å². The SMILES string of the molecule is CC.CC(C)(C)CCO.CC(C)CCNC(=O)CCN1C(=O)CC(C)C1=O. The first kappa shape index (κ1) is 27.8. The van der Waals surface area contributed by atoms with Crippen LogP contribution in [0.3, 0.4) is 0 Å². The number of carbonyl (C=O) groups excluding carboxylic acids is 3. The summed E-state index contributed by atoms with van der Waals surface area (Å²) in [4.78, 5) is 35.8. The molecule has 1 fully saturated rings. The summed E-state index contributed by atoms with van der Waals surface area (Å²) < 4.78 is 0. The van der Waals surface area contributed by atoms with E-state index in [1.54, 1.807) is 6.92 Å². The van der Waals surface area contributed by atoms with E-state index in [1.807, 2.05) is 13.8 Å². The van der Waals surface area contributed by atoms with E-state index in [4.69, 9.17) is 5.11 Å². The number of aliphatic hydroxyl groups excluding tert-OH is 1. The van der Waals surface area contributed by atoms with E-state index in [0.717, 1.165) is 12.8 Å². The topological polar surface area (TPSA) is 86.7 Å². The maximum absolute atomic E-state index is 11.6. The summed E-state index contributed by atoms with van der Waals surface area (Å²) in [7, 11) is 0. The second kappa shape index (κ2) is 14.6. The first-order valence-electron chi connectivity index (χ1n) is 10.2. The third-order valence-corrected chi connectivity index (χ3v) is 3.94. The smallest absolute Gasteiger partial charge is 0.232 e. The molecule has 0 bridgehead atoms. The Bertz CT molecular complexity index is 442. The normalized spacial score (nSPS) is 16.5. The Morgan fingerprint density at radius 2 is 1.81 bits per heavy atom. The third-order valence-electron chi connectivity index (χ3n) is 3.94. The van der Waals surface area contributed by atoms with E-state index in [-0.39, 0.29) is 43.0 Å². The molecule has 6 nitrogen and oxygen atoms in total. The quantitative estimate of drug-likeness (QED) is 0.657. The van der Waals surface area contributed by atoms with Gasteiger partial charge in [-0.25, -0.2) is 0 Å². The molecule has 0 spiro atoms. The molecule has 0 aromatic rings. The standard InChI is InChI=1S/C13H22N2O3.C6H14O.C2H6/c1-9(2)4-6-14-11(16)5-7-15-12(17)8-10(3)13(15)18;1-6(2,3)4-5-7;1-2/h9-10H,4-8H2,1-3H3,(H,14,16);7H,4-5H2,1-3H3;1-2H3. The van der Waals surface area contributed by atoms with Gasteiger partial charge < -0.3 is 10.4 Å². The Kier molecular flexibility index (Phi) is 15.0. The van der Waals surface area contributed by atoms with Crippen molar-refractivity contribution in [1.82, 2.24) is 10.2 Å². The molecule has 0 aromatic heterocycles. The van der Waals surface area contributed by atoms with Gasteiger partial charge >= 0.3 is 0 Å². The number of carbonyl (C=O) groups is 3. The Balaban J connectivity index is 0. The van der Waals surface area contributed by atoms with Crippen LogP contribution in [0.4, 0.5) is 0 Å². The molecule has 160 valence electrons. The third kappa shape index (κ3) is 14.3. The van der Waals surface area contributed by atoms with Gasteiger partial charge in [-0.15, -0.1) is 0 Å². The lowest BCUT2D eigenvalue weighted by atomic mass is 9.93. The molecule has 1 saturated heterocycles. The molecular formula is C21H42N2O4. The van der Waals surface area contributed by atoms with Crippen LogP contribution in [0.1, 0.15) is 81.1 Å². The number of nitrogens with zero attached hydrogens (tertiary/aromatic N) is 1. The molecule has 3 amide bonds. The van der Waals surface area contributed by atoms with Crippen LogP contribution in [0.5, 0.6) is 0 Å². The molecule has 1 heterocycles. The monoisotopic (exact) mass is 386 g/mol. The molecule has 0 aliphatic carbocycles. The molecule has 1 atom stereocenters. The second-order valence-electron chi connectivity index (χ2n) is 8.31. The average molecular weight is 387 g/mol. The van der Waals surface area contributed by atoms with Gasteiger partial charge in [-0.05, 0) is 24.2 Å². The predicted molar refractivity (Wildman–Crippen MR) is 110 cm³/mol. The number of nitrogens with one attached hydrogen (secondary N) is 1. The molecule has 1 aliphatic heterocycles. The zero-order valence-electron chi connectivity index (χ0n) is 18.7. The highest BCUT2D eigenvalue weighted by molar-refractivity contribution is 6.03. The Morgan fingerprint density at radius 1 is 1.26 bits per heavy atom. The van der Waals surface area contributed by atoms with Crippen LogP contribution >= 0.6 is 0 Å². The van der Waals surface area contributed by atoms with Gasteiger partial charge in [-0.1, -0.05) is 55.4 Å². The highest BCUT2D eigenvalue weighted by Gasteiger charge is 2.35. The van der Waals surface area contributed by atoms with Crippen molar-refractivity contribution in [2.24, 2.45) is 17.3 Å². The van der Waals surface area contributed by atoms with Gasteiger partial charge in [0.15, 0.2) is 0 Å². The fourth-order valence-corrected chi connectivity index (χ4v) is 2.22. The lowest BCUT2D eigenvalue weighted by Gasteiger charge is -2.14. The van der Waals surface area contributed by atoms with Crippen molar-refractivity contribution in [2.45, 2.75) is 81.1 Å². The maximum atomic E-state index is 11.6. The first-order chi connectivity index (χ1) is 12.5. The molecule has 6 heteroatoms. The summed E-state index contributed by atoms with van der Waals surface area (Å²) >= 11 is 0. The van der Waals surface area contributed by atoms with Crippen molar-refractivity contribution >= 4 is 17.7 Å². The summed E-state index contributed by atoms with van der Waals surface area (Å²) in [5.74, 6) is -0.109. The number of hydrogen-bond acceptors (Lipinski definition) is 4. The minimum absolute atomic E-state index is 0.101. The van der Waals surface area contributed by atoms with Crippen LogP contribution < -0.4 is 5.32 Å². The van der Waals surface area contributed by atoms with Crippen LogP contribution in [-0.4, -0.2) is 47.4 Å². The Labute approximate surface area is 166 Å². The fraction of sp³-hybridized carbons (Fsp3) is 0.857. The van der Waals surface area contributed by atoms with Crippen molar-refractivity contribution in [2.75, 3.05) is 19.7 Å². The predicted octanol–water partition coefficient (Wildman–Crippen LogP) is 3.37. The molecule has 2 N–H and O–H groups in total. The second-order valence-corrected chi connectivity index (χ2v) is 8.31. The van der Waals surface area contributed by atoms with Crippen molar-refractivity contribution in [1.29, 1.82) is 0 Å². The fourth-order valence-electron chi connectivity index (χ4n) is 2.22. The van der Waals surface area contributed by atoms with Gasteiger partial charge in [0, 0.05) is 38.5 Å². The van der Waals surface area contributed by atoms with Crippen molar-refractivity contribution < 1.29 is 19.5 Å². The molecule has 27 heavy (non-hydrogen) atoms. The summed E-state index contributed by atoms with van der Waals surface area (Å²) in [6.45, 7) is 17.4. The molecule has 0 radical (unpaired) electrons. The number of rotatable bonds is 7. The summed E-state index contributed by atoms with van der Waals surface area (Å²) in [6.07, 6.45) is 2.30. The van der Waals surface area contributed by atoms with E-state index in [9.17, 15) is 14.4 Å². The van der Waals surface area contributed by atoms with Gasteiger partial charge in [0.25, 0.3) is 0 Å². The van der Waals surface area contributed by atoms with E-state index in [1.165, 1.54) is 4.90 Å². The number of hydrogen-bond donors (Lipinski definition) is 2. The molecule has 1 unspecified atom stereocenters. The lowest BCUT2D eigenvalue weighted by molar-refractivity contribution is -0.139. The lowest BCUT2D eigenvalue weighted by Crippen LogP contribution is -2.35. The molecule has 0 aromatic carbocycles. The summed E-state index contributed by atoms with van der Waals surface area (Å²) in [5, 5.41) is 11.2. The molecule has 0 saturated carbocycles. The largest absolute Gasteiger partial charge is 0.396 e. The molecule has 1 rings (SSSR count). The van der Waals surface area contributed by atoms with Crippen LogP contribution in [0, 0.1) is 17.3 Å². The Hall–Kier alpha value is -1.43. The van der Waals surface area contributed by atoms with E-state index >= 15 is 0 Å². The molecule has 1 aliphatic rings. The summed E-state index contributed by atoms with van der Waals surface area (Å²) in [5.41, 5.74) is 0.300. The average Bonchev–Trinajstić information content (AvgIpc) is 2.79. The van der Waals surface area contributed by atoms with E-state index in [2.05, 4.69) is 39.9 Å². The molecular weight excluding hydrogens is 344 g/mol. The zero-order chi connectivity index (χ0) is 21.6. The van der Waals surface area contributed by atoms with Crippen LogP contribution in [0.15, 0.2) is 0 Å². The van der Waals surface area contributed by atoms with Crippen molar-refractivity contribution in [3.63, 3.8) is 0 Å². The van der Waals surface area contributed by atoms with Crippen LogP contribution in [0.2, 0.25) is 0 Å². The summed E-state index contributed by atoms with van der Waals surface area (Å²) in [6, 6.07) is 0. The van der Waals surface area contributed by atoms with Gasteiger partial charge in [0.2, 0.25) is 17.7 Å². The number of amides is 3. The van der Waals surface area contributed by atoms with Gasteiger partial charge in [-0.2, -0.15) is 0 Å². The van der Waals surface area contributed by atoms with E-state index < -0.39 is 0 Å². The number of aliphatic hydroxyl groups is 1. The van der Waals surface area contributed by atoms with Gasteiger partial charge in [0.05, 0.1) is 0 Å². The van der Waals surface area contributed by atoms with Crippen LogP contribution in [0.25, 0.3) is 0 Å². The number of likely N-dealkylation sites (tertiary alicyclic amines) is 1. The number of imide groups is 1. The minimum Gasteiger partial charge on any atom is -0.396 e.